The summed E-state index contributed by atoms with van der Waals surface area (Å²) in [4.78, 5) is 27.3. The average Bonchev–Trinajstić information content (AvgIpc) is 3.25. The number of carbonyl (C=O) groups is 1. The van der Waals surface area contributed by atoms with E-state index in [2.05, 4.69) is 5.10 Å². The Balaban J connectivity index is 1.63. The molecule has 1 fully saturated rings. The molecule has 1 aromatic carbocycles. The predicted molar refractivity (Wildman–Crippen MR) is 96.2 cm³/mol. The number of fused-ring (bicyclic) bond motifs is 1. The summed E-state index contributed by atoms with van der Waals surface area (Å²) in [5, 5.41) is 13.9. The van der Waals surface area contributed by atoms with Gasteiger partial charge in [-0.25, -0.2) is 13.9 Å². The number of β-amino-alcohol motifs (C(OH)–C–C–N with tert-alkyl or cyclic N) is 1. The smallest absolute Gasteiger partial charge is 0.391 e. The Hall–Kier alpha value is -2.69. The maximum atomic E-state index is 13.5. The maximum Gasteiger partial charge on any atom is 0.419 e. The Morgan fingerprint density at radius 3 is 2.70 bits per heavy atom. The zero-order valence-corrected chi connectivity index (χ0v) is 15.9. The number of likely N-dealkylation sites (tertiary alicyclic amines) is 1. The van der Waals surface area contributed by atoms with Crippen molar-refractivity contribution < 1.29 is 27.5 Å². The Morgan fingerprint density at radius 2 is 2.03 bits per heavy atom. The molecule has 11 heteroatoms. The molecule has 7 nitrogen and oxygen atoms in total. The molecule has 0 aliphatic carbocycles. The number of hydrogen-bond donors (Lipinski definition) is 1. The van der Waals surface area contributed by atoms with Gasteiger partial charge in [-0.1, -0.05) is 6.07 Å². The maximum absolute atomic E-state index is 13.5. The summed E-state index contributed by atoms with van der Waals surface area (Å²) in [6.07, 6.45) is -3.41. The van der Waals surface area contributed by atoms with E-state index in [-0.39, 0.29) is 24.6 Å². The number of aliphatic hydroxyl groups excluding tert-OH is 1. The van der Waals surface area contributed by atoms with Gasteiger partial charge in [0.2, 0.25) is 5.91 Å². The molecule has 2 aliphatic heterocycles. The molecule has 3 heterocycles. The van der Waals surface area contributed by atoms with Crippen LogP contribution in [0.2, 0.25) is 0 Å². The number of hydrogen-bond acceptors (Lipinski definition) is 4. The zero-order chi connectivity index (χ0) is 21.6. The molecule has 0 radical (unpaired) electrons. The minimum absolute atomic E-state index is 0.0758. The van der Waals surface area contributed by atoms with Gasteiger partial charge in [-0.3, -0.25) is 9.36 Å². The molecule has 2 aliphatic rings. The molecule has 1 amide bonds. The number of aromatic nitrogens is 3. The quantitative estimate of drug-likeness (QED) is 0.756. The molecule has 0 unspecified atom stereocenters. The standard InChI is InChI=1S/C19H20F4N4O3/c20-14-5-4-11(8-13(14)19(21,22)23)9-26-18(30)27-15(2-1-3-16(27)24-26)17(29)25-7-6-12(28)10-25/h4-5,8,12,15,28H,1-3,6-7,9-10H2/t12-,15+/m0/s1. The van der Waals surface area contributed by atoms with Crippen LogP contribution in [-0.4, -0.2) is 49.5 Å². The number of carbonyl (C=O) groups excluding carboxylic acids is 1. The second kappa shape index (κ2) is 7.53. The van der Waals surface area contributed by atoms with Gasteiger partial charge in [0.05, 0.1) is 18.2 Å². The van der Waals surface area contributed by atoms with Crippen LogP contribution in [-0.2, 0) is 23.9 Å². The third-order valence-electron chi connectivity index (χ3n) is 5.56. The summed E-state index contributed by atoms with van der Waals surface area (Å²) in [6, 6.07) is 1.79. The Morgan fingerprint density at radius 1 is 1.27 bits per heavy atom. The summed E-state index contributed by atoms with van der Waals surface area (Å²) < 4.78 is 54.7. The van der Waals surface area contributed by atoms with Crippen LogP contribution in [0.4, 0.5) is 17.6 Å². The highest BCUT2D eigenvalue weighted by atomic mass is 19.4. The van der Waals surface area contributed by atoms with Gasteiger partial charge in [-0.15, -0.1) is 0 Å². The van der Waals surface area contributed by atoms with Gasteiger partial charge >= 0.3 is 11.9 Å². The highest BCUT2D eigenvalue weighted by Gasteiger charge is 2.36. The fourth-order valence-corrected chi connectivity index (χ4v) is 4.08. The summed E-state index contributed by atoms with van der Waals surface area (Å²) in [6.45, 7) is 0.347. The van der Waals surface area contributed by atoms with E-state index < -0.39 is 35.4 Å². The van der Waals surface area contributed by atoms with Crippen molar-refractivity contribution in [3.8, 4) is 0 Å². The Kier molecular flexibility index (Phi) is 5.16. The highest BCUT2D eigenvalue weighted by Crippen LogP contribution is 2.32. The minimum atomic E-state index is -4.85. The van der Waals surface area contributed by atoms with Crippen molar-refractivity contribution in [2.45, 2.75) is 50.6 Å². The first-order chi connectivity index (χ1) is 14.1. The van der Waals surface area contributed by atoms with E-state index in [9.17, 15) is 32.3 Å². The highest BCUT2D eigenvalue weighted by molar-refractivity contribution is 5.81. The fraction of sp³-hybridized carbons (Fsp3) is 0.526. The lowest BCUT2D eigenvalue weighted by molar-refractivity contribution is -0.140. The second-order valence-electron chi connectivity index (χ2n) is 7.67. The first-order valence-corrected chi connectivity index (χ1v) is 9.66. The number of nitrogens with zero attached hydrogens (tertiary/aromatic N) is 4. The number of amides is 1. The molecule has 2 aromatic rings. The summed E-state index contributed by atoms with van der Waals surface area (Å²) in [5.74, 6) is -1.26. The van der Waals surface area contributed by atoms with Crippen LogP contribution in [0.1, 0.15) is 42.3 Å². The van der Waals surface area contributed by atoms with Gasteiger partial charge in [-0.2, -0.15) is 18.3 Å². The molecule has 30 heavy (non-hydrogen) atoms. The van der Waals surface area contributed by atoms with Crippen molar-refractivity contribution in [1.82, 2.24) is 19.2 Å². The number of rotatable bonds is 3. The van der Waals surface area contributed by atoms with Crippen molar-refractivity contribution in [2.75, 3.05) is 13.1 Å². The van der Waals surface area contributed by atoms with E-state index in [0.29, 0.717) is 50.2 Å². The van der Waals surface area contributed by atoms with E-state index in [1.807, 2.05) is 0 Å². The number of alkyl halides is 3. The SMILES string of the molecule is O=C([C@H]1CCCc2nn(Cc3ccc(F)c(C(F)(F)F)c3)c(=O)n21)N1CC[C@H](O)C1. The lowest BCUT2D eigenvalue weighted by atomic mass is 10.0. The van der Waals surface area contributed by atoms with Gasteiger partial charge in [0.25, 0.3) is 0 Å². The molecule has 0 bridgehead atoms. The van der Waals surface area contributed by atoms with Gasteiger partial charge in [0.15, 0.2) is 0 Å². The zero-order valence-electron chi connectivity index (χ0n) is 15.9. The average molecular weight is 428 g/mol. The molecule has 1 aromatic heterocycles. The minimum Gasteiger partial charge on any atom is -0.391 e. The predicted octanol–water partition coefficient (Wildman–Crippen LogP) is 1.72. The molecule has 2 atom stereocenters. The second-order valence-corrected chi connectivity index (χ2v) is 7.67. The van der Waals surface area contributed by atoms with Gasteiger partial charge in [-0.05, 0) is 37.0 Å². The van der Waals surface area contributed by atoms with Crippen LogP contribution in [0.15, 0.2) is 23.0 Å². The Bertz CT molecular complexity index is 1030. The summed E-state index contributed by atoms with van der Waals surface area (Å²) >= 11 is 0. The van der Waals surface area contributed by atoms with Crippen LogP contribution in [0.3, 0.4) is 0 Å². The number of halogens is 4. The summed E-state index contributed by atoms with van der Waals surface area (Å²) in [7, 11) is 0. The van der Waals surface area contributed by atoms with Crippen LogP contribution >= 0.6 is 0 Å². The molecular weight excluding hydrogens is 408 g/mol. The van der Waals surface area contributed by atoms with Crippen LogP contribution < -0.4 is 5.69 Å². The van der Waals surface area contributed by atoms with Gasteiger partial charge < -0.3 is 10.0 Å². The normalized spacial score (nSPS) is 21.7. The van der Waals surface area contributed by atoms with Crippen molar-refractivity contribution in [3.63, 3.8) is 0 Å². The van der Waals surface area contributed by atoms with Crippen molar-refractivity contribution in [1.29, 1.82) is 0 Å². The van der Waals surface area contributed by atoms with Crippen LogP contribution in [0.25, 0.3) is 0 Å². The van der Waals surface area contributed by atoms with Crippen molar-refractivity contribution in [3.05, 3.63) is 51.5 Å². The van der Waals surface area contributed by atoms with Gasteiger partial charge in [0.1, 0.15) is 17.7 Å². The largest absolute Gasteiger partial charge is 0.419 e. The van der Waals surface area contributed by atoms with E-state index in [4.69, 9.17) is 0 Å². The van der Waals surface area contributed by atoms with E-state index in [1.54, 1.807) is 0 Å². The monoisotopic (exact) mass is 428 g/mol. The molecule has 0 spiro atoms. The number of aryl methyl sites for hydroxylation is 1. The van der Waals surface area contributed by atoms with E-state index in [0.717, 1.165) is 4.68 Å². The lowest BCUT2D eigenvalue weighted by Gasteiger charge is -2.27. The number of benzene rings is 1. The fourth-order valence-electron chi connectivity index (χ4n) is 4.08. The molecular formula is C19H20F4N4O3. The third kappa shape index (κ3) is 3.73. The first-order valence-electron chi connectivity index (χ1n) is 9.66. The van der Waals surface area contributed by atoms with Crippen LogP contribution in [0, 0.1) is 5.82 Å². The van der Waals surface area contributed by atoms with E-state index in [1.165, 1.54) is 15.5 Å². The van der Waals surface area contributed by atoms with Crippen LogP contribution in [0.5, 0.6) is 0 Å². The van der Waals surface area contributed by atoms with E-state index >= 15 is 0 Å². The first kappa shape index (κ1) is 20.6. The lowest BCUT2D eigenvalue weighted by Crippen LogP contribution is -2.42. The van der Waals surface area contributed by atoms with Crippen molar-refractivity contribution in [2.24, 2.45) is 0 Å². The van der Waals surface area contributed by atoms with Crippen molar-refractivity contribution >= 4 is 5.91 Å². The Labute approximate surface area is 168 Å². The molecule has 4 rings (SSSR count). The summed E-state index contributed by atoms with van der Waals surface area (Å²) in [5.41, 5.74) is -1.93. The molecule has 1 saturated heterocycles. The molecule has 1 N–H and O–H groups in total. The topological polar surface area (TPSA) is 80.4 Å². The molecule has 162 valence electrons. The number of aliphatic hydroxyl groups is 1. The molecule has 0 saturated carbocycles. The van der Waals surface area contributed by atoms with Gasteiger partial charge in [0, 0.05) is 19.5 Å². The third-order valence-corrected chi connectivity index (χ3v) is 5.56.